The topological polar surface area (TPSA) is 38.3 Å². The summed E-state index contributed by atoms with van der Waals surface area (Å²) in [5.41, 5.74) is 2.83. The molecule has 0 aliphatic heterocycles. The summed E-state index contributed by atoms with van der Waals surface area (Å²) in [4.78, 5) is 11.8. The van der Waals surface area contributed by atoms with E-state index >= 15 is 0 Å². The van der Waals surface area contributed by atoms with Crippen molar-refractivity contribution in [2.75, 3.05) is 11.9 Å². The first-order chi connectivity index (χ1) is 9.94. The van der Waals surface area contributed by atoms with Crippen molar-refractivity contribution in [3.63, 3.8) is 0 Å². The van der Waals surface area contributed by atoms with Crippen molar-refractivity contribution < 1.29 is 13.9 Å². The maximum Gasteiger partial charge on any atom is 0.262 e. The number of anilines is 1. The lowest BCUT2D eigenvalue weighted by Crippen LogP contribution is -2.20. The summed E-state index contributed by atoms with van der Waals surface area (Å²) in [6, 6.07) is 10.2. The van der Waals surface area contributed by atoms with Crippen LogP contribution in [0.1, 0.15) is 11.1 Å². The molecule has 5 heteroatoms. The van der Waals surface area contributed by atoms with Gasteiger partial charge in [0.25, 0.3) is 5.91 Å². The Labute approximate surface area is 131 Å². The molecule has 3 nitrogen and oxygen atoms in total. The Bertz CT molecular complexity index is 653. The van der Waals surface area contributed by atoms with Crippen LogP contribution < -0.4 is 10.1 Å². The fourth-order valence-corrected chi connectivity index (χ4v) is 2.31. The van der Waals surface area contributed by atoms with Crippen molar-refractivity contribution in [3.8, 4) is 5.75 Å². The van der Waals surface area contributed by atoms with Gasteiger partial charge >= 0.3 is 0 Å². The Morgan fingerprint density at radius 1 is 1.19 bits per heavy atom. The van der Waals surface area contributed by atoms with E-state index in [0.717, 1.165) is 11.1 Å². The molecule has 0 unspecified atom stereocenters. The summed E-state index contributed by atoms with van der Waals surface area (Å²) in [5.74, 6) is -0.792. The molecule has 110 valence electrons. The van der Waals surface area contributed by atoms with Gasteiger partial charge in [0.15, 0.2) is 18.2 Å². The number of halogens is 2. The average Bonchev–Trinajstić information content (AvgIpc) is 2.36. The molecule has 1 N–H and O–H groups in total. The summed E-state index contributed by atoms with van der Waals surface area (Å²) in [7, 11) is 0. The lowest BCUT2D eigenvalue weighted by molar-refractivity contribution is -0.118. The highest BCUT2D eigenvalue weighted by Crippen LogP contribution is 2.21. The molecule has 0 saturated heterocycles. The summed E-state index contributed by atoms with van der Waals surface area (Å²) in [5, 5.41) is 2.73. The standard InChI is InChI=1S/C16H15BrFNO2/c1-10-5-11(2)7-13(6-10)19-16(20)9-21-15-4-3-12(17)8-14(15)18/h3-8H,9H2,1-2H3,(H,19,20). The van der Waals surface area contributed by atoms with E-state index in [1.807, 2.05) is 32.0 Å². The van der Waals surface area contributed by atoms with Crippen LogP contribution in [0.15, 0.2) is 40.9 Å². The minimum absolute atomic E-state index is 0.0498. The summed E-state index contributed by atoms with van der Waals surface area (Å²) < 4.78 is 19.3. The number of rotatable bonds is 4. The van der Waals surface area contributed by atoms with E-state index < -0.39 is 5.82 Å². The van der Waals surface area contributed by atoms with Crippen molar-refractivity contribution >= 4 is 27.5 Å². The lowest BCUT2D eigenvalue weighted by Gasteiger charge is -2.09. The second-order valence-corrected chi connectivity index (χ2v) is 5.70. The van der Waals surface area contributed by atoms with Gasteiger partial charge in [-0.2, -0.15) is 0 Å². The van der Waals surface area contributed by atoms with Crippen molar-refractivity contribution in [3.05, 3.63) is 57.8 Å². The lowest BCUT2D eigenvalue weighted by atomic mass is 10.1. The van der Waals surface area contributed by atoms with Crippen LogP contribution in [0.2, 0.25) is 0 Å². The van der Waals surface area contributed by atoms with Crippen LogP contribution in [-0.4, -0.2) is 12.5 Å². The molecule has 2 rings (SSSR count). The molecular formula is C16H15BrFNO2. The van der Waals surface area contributed by atoms with Crippen molar-refractivity contribution in [2.45, 2.75) is 13.8 Å². The molecule has 0 aromatic heterocycles. The van der Waals surface area contributed by atoms with Crippen LogP contribution in [0.5, 0.6) is 5.75 Å². The molecule has 0 atom stereocenters. The fraction of sp³-hybridized carbons (Fsp3) is 0.188. The zero-order chi connectivity index (χ0) is 15.4. The van der Waals surface area contributed by atoms with Crippen LogP contribution in [-0.2, 0) is 4.79 Å². The van der Waals surface area contributed by atoms with Gasteiger partial charge in [-0.05, 0) is 55.3 Å². The normalized spacial score (nSPS) is 10.3. The minimum Gasteiger partial charge on any atom is -0.481 e. The predicted molar refractivity (Wildman–Crippen MR) is 84.1 cm³/mol. The van der Waals surface area contributed by atoms with Crippen LogP contribution in [0.3, 0.4) is 0 Å². The molecular weight excluding hydrogens is 337 g/mol. The molecule has 0 fully saturated rings. The molecule has 0 spiro atoms. The summed E-state index contributed by atoms with van der Waals surface area (Å²) >= 11 is 3.16. The smallest absolute Gasteiger partial charge is 0.262 e. The fourth-order valence-electron chi connectivity index (χ4n) is 1.98. The largest absolute Gasteiger partial charge is 0.481 e. The molecule has 1 amide bonds. The second kappa shape index (κ2) is 6.72. The molecule has 0 radical (unpaired) electrons. The maximum atomic E-state index is 13.5. The molecule has 0 aliphatic rings. The monoisotopic (exact) mass is 351 g/mol. The maximum absolute atomic E-state index is 13.5. The number of ether oxygens (including phenoxy) is 1. The van der Waals surface area contributed by atoms with Gasteiger partial charge in [-0.1, -0.05) is 22.0 Å². The second-order valence-electron chi connectivity index (χ2n) is 4.79. The van der Waals surface area contributed by atoms with Gasteiger partial charge in [0.1, 0.15) is 0 Å². The molecule has 21 heavy (non-hydrogen) atoms. The Hall–Kier alpha value is -1.88. The Morgan fingerprint density at radius 2 is 1.86 bits per heavy atom. The first kappa shape index (κ1) is 15.5. The number of benzene rings is 2. The SMILES string of the molecule is Cc1cc(C)cc(NC(=O)COc2ccc(Br)cc2F)c1. The number of hydrogen-bond donors (Lipinski definition) is 1. The van der Waals surface area contributed by atoms with E-state index in [1.165, 1.54) is 12.1 Å². The number of carbonyl (C=O) groups excluding carboxylic acids is 1. The highest BCUT2D eigenvalue weighted by atomic mass is 79.9. The van der Waals surface area contributed by atoms with Crippen LogP contribution >= 0.6 is 15.9 Å². The number of nitrogens with one attached hydrogen (secondary N) is 1. The summed E-state index contributed by atoms with van der Waals surface area (Å²) in [6.07, 6.45) is 0. The van der Waals surface area contributed by atoms with Gasteiger partial charge in [-0.15, -0.1) is 0 Å². The van der Waals surface area contributed by atoms with E-state index in [2.05, 4.69) is 21.2 Å². The van der Waals surface area contributed by atoms with E-state index in [9.17, 15) is 9.18 Å². The van der Waals surface area contributed by atoms with Gasteiger partial charge in [-0.25, -0.2) is 4.39 Å². The molecule has 2 aromatic rings. The number of hydrogen-bond acceptors (Lipinski definition) is 2. The zero-order valence-electron chi connectivity index (χ0n) is 11.7. The van der Waals surface area contributed by atoms with Gasteiger partial charge in [0.2, 0.25) is 0 Å². The number of amides is 1. The Balaban J connectivity index is 1.95. The molecule has 0 saturated carbocycles. The molecule has 0 heterocycles. The third kappa shape index (κ3) is 4.56. The third-order valence-electron chi connectivity index (χ3n) is 2.76. The van der Waals surface area contributed by atoms with E-state index in [0.29, 0.717) is 10.2 Å². The van der Waals surface area contributed by atoms with Gasteiger partial charge in [0.05, 0.1) is 0 Å². The van der Waals surface area contributed by atoms with Crippen LogP contribution in [0.25, 0.3) is 0 Å². The predicted octanol–water partition coefficient (Wildman–Crippen LogP) is 4.22. The molecule has 0 bridgehead atoms. The van der Waals surface area contributed by atoms with Gasteiger partial charge < -0.3 is 10.1 Å². The third-order valence-corrected chi connectivity index (χ3v) is 3.25. The van der Waals surface area contributed by atoms with Crippen LogP contribution in [0.4, 0.5) is 10.1 Å². The average molecular weight is 352 g/mol. The summed E-state index contributed by atoms with van der Waals surface area (Å²) in [6.45, 7) is 3.66. The van der Waals surface area contributed by atoms with Crippen LogP contribution in [0, 0.1) is 19.7 Å². The molecule has 0 aliphatic carbocycles. The Morgan fingerprint density at radius 3 is 2.48 bits per heavy atom. The minimum atomic E-state index is -0.511. The Kier molecular flexibility index (Phi) is 4.96. The highest BCUT2D eigenvalue weighted by Gasteiger charge is 2.08. The number of carbonyl (C=O) groups is 1. The highest BCUT2D eigenvalue weighted by molar-refractivity contribution is 9.10. The molecule has 2 aromatic carbocycles. The number of aryl methyl sites for hydroxylation is 2. The van der Waals surface area contributed by atoms with Gasteiger partial charge in [-0.3, -0.25) is 4.79 Å². The van der Waals surface area contributed by atoms with Gasteiger partial charge in [0, 0.05) is 10.2 Å². The zero-order valence-corrected chi connectivity index (χ0v) is 13.3. The first-order valence-electron chi connectivity index (χ1n) is 6.40. The van der Waals surface area contributed by atoms with Crippen molar-refractivity contribution in [1.29, 1.82) is 0 Å². The van der Waals surface area contributed by atoms with Crippen molar-refractivity contribution in [1.82, 2.24) is 0 Å². The first-order valence-corrected chi connectivity index (χ1v) is 7.19. The van der Waals surface area contributed by atoms with Crippen molar-refractivity contribution in [2.24, 2.45) is 0 Å². The van der Waals surface area contributed by atoms with E-state index in [-0.39, 0.29) is 18.3 Å². The van der Waals surface area contributed by atoms with E-state index in [1.54, 1.807) is 6.07 Å². The van der Waals surface area contributed by atoms with E-state index in [4.69, 9.17) is 4.74 Å². The quantitative estimate of drug-likeness (QED) is 0.895.